The topological polar surface area (TPSA) is 46.1 Å². The average Bonchev–Trinajstić information content (AvgIpc) is 3.03. The van der Waals surface area contributed by atoms with Gasteiger partial charge in [0.2, 0.25) is 0 Å². The third kappa shape index (κ3) is 3.98. The number of piperidine rings is 1. The molecule has 1 aliphatic heterocycles. The number of amides is 1. The summed E-state index contributed by atoms with van der Waals surface area (Å²) in [7, 11) is 0. The molecule has 0 N–H and O–H groups in total. The van der Waals surface area contributed by atoms with Gasteiger partial charge in [-0.2, -0.15) is 0 Å². The SMILES string of the molecule is CC(C)Cc1nnc(C2CCCN(C(=O)c3ccc(F)cc3)C2)s1. The van der Waals surface area contributed by atoms with E-state index in [1.54, 1.807) is 23.5 Å². The summed E-state index contributed by atoms with van der Waals surface area (Å²) in [6, 6.07) is 5.76. The van der Waals surface area contributed by atoms with Crippen LogP contribution in [0.2, 0.25) is 0 Å². The van der Waals surface area contributed by atoms with Crippen molar-refractivity contribution in [3.05, 3.63) is 45.7 Å². The van der Waals surface area contributed by atoms with Crippen molar-refractivity contribution >= 4 is 17.2 Å². The molecule has 1 unspecified atom stereocenters. The summed E-state index contributed by atoms with van der Waals surface area (Å²) in [6.45, 7) is 5.74. The predicted octanol–water partition coefficient (Wildman–Crippen LogP) is 3.90. The van der Waals surface area contributed by atoms with Gasteiger partial charge >= 0.3 is 0 Å². The fourth-order valence-electron chi connectivity index (χ4n) is 3.00. The smallest absolute Gasteiger partial charge is 0.253 e. The van der Waals surface area contributed by atoms with Gasteiger partial charge in [-0.1, -0.05) is 13.8 Å². The summed E-state index contributed by atoms with van der Waals surface area (Å²) in [6.07, 6.45) is 2.93. The number of likely N-dealkylation sites (tertiary alicyclic amines) is 1. The molecule has 1 aromatic carbocycles. The highest BCUT2D eigenvalue weighted by atomic mass is 32.1. The molecule has 0 saturated carbocycles. The molecule has 1 aliphatic rings. The summed E-state index contributed by atoms with van der Waals surface area (Å²) >= 11 is 1.67. The maximum Gasteiger partial charge on any atom is 0.253 e. The first kappa shape index (κ1) is 17.0. The minimum Gasteiger partial charge on any atom is -0.338 e. The van der Waals surface area contributed by atoms with Gasteiger partial charge in [0.05, 0.1) is 0 Å². The van der Waals surface area contributed by atoms with Crippen LogP contribution in [-0.2, 0) is 6.42 Å². The maximum absolute atomic E-state index is 13.0. The number of hydrogen-bond acceptors (Lipinski definition) is 4. The summed E-state index contributed by atoms with van der Waals surface area (Å²) in [4.78, 5) is 14.5. The van der Waals surface area contributed by atoms with Crippen molar-refractivity contribution in [2.24, 2.45) is 5.92 Å². The van der Waals surface area contributed by atoms with E-state index < -0.39 is 0 Å². The molecule has 128 valence electrons. The molecule has 4 nitrogen and oxygen atoms in total. The lowest BCUT2D eigenvalue weighted by Gasteiger charge is -2.31. The van der Waals surface area contributed by atoms with Crippen molar-refractivity contribution in [1.29, 1.82) is 0 Å². The van der Waals surface area contributed by atoms with E-state index in [1.165, 1.54) is 12.1 Å². The first-order valence-electron chi connectivity index (χ1n) is 8.40. The first-order chi connectivity index (χ1) is 11.5. The second-order valence-electron chi connectivity index (χ2n) is 6.73. The fraction of sp³-hybridized carbons (Fsp3) is 0.500. The Kier molecular flexibility index (Phi) is 5.23. The molecule has 1 fully saturated rings. The number of halogens is 1. The maximum atomic E-state index is 13.0. The monoisotopic (exact) mass is 347 g/mol. The molecule has 3 rings (SSSR count). The van der Waals surface area contributed by atoms with Gasteiger partial charge in [0.25, 0.3) is 5.91 Å². The predicted molar refractivity (Wildman–Crippen MR) is 92.7 cm³/mol. The minimum absolute atomic E-state index is 0.0355. The van der Waals surface area contributed by atoms with Crippen LogP contribution in [0.4, 0.5) is 4.39 Å². The first-order valence-corrected chi connectivity index (χ1v) is 9.21. The van der Waals surface area contributed by atoms with Gasteiger partial charge in [-0.05, 0) is 43.0 Å². The van der Waals surface area contributed by atoms with Crippen LogP contribution in [0.25, 0.3) is 0 Å². The average molecular weight is 347 g/mol. The van der Waals surface area contributed by atoms with Crippen LogP contribution < -0.4 is 0 Å². The molecule has 2 heterocycles. The number of aromatic nitrogens is 2. The zero-order chi connectivity index (χ0) is 17.1. The Balaban J connectivity index is 1.68. The van der Waals surface area contributed by atoms with Gasteiger partial charge in [0, 0.05) is 31.0 Å². The van der Waals surface area contributed by atoms with Crippen molar-refractivity contribution in [3.8, 4) is 0 Å². The normalized spacial score (nSPS) is 18.2. The lowest BCUT2D eigenvalue weighted by molar-refractivity contribution is 0.0707. The molecule has 1 atom stereocenters. The molecule has 1 saturated heterocycles. The highest BCUT2D eigenvalue weighted by Crippen LogP contribution is 2.30. The molecule has 0 radical (unpaired) electrons. The van der Waals surface area contributed by atoms with E-state index in [2.05, 4.69) is 24.0 Å². The van der Waals surface area contributed by atoms with E-state index in [0.29, 0.717) is 18.0 Å². The number of carbonyl (C=O) groups is 1. The summed E-state index contributed by atoms with van der Waals surface area (Å²) in [5, 5.41) is 10.7. The number of benzene rings is 1. The lowest BCUT2D eigenvalue weighted by Crippen LogP contribution is -2.39. The molecular formula is C18H22FN3OS. The van der Waals surface area contributed by atoms with Gasteiger partial charge < -0.3 is 4.90 Å². The van der Waals surface area contributed by atoms with E-state index in [-0.39, 0.29) is 17.6 Å². The van der Waals surface area contributed by atoms with Crippen molar-refractivity contribution in [2.75, 3.05) is 13.1 Å². The second-order valence-corrected chi connectivity index (χ2v) is 7.82. The van der Waals surface area contributed by atoms with Crippen LogP contribution >= 0.6 is 11.3 Å². The van der Waals surface area contributed by atoms with Crippen molar-refractivity contribution in [3.63, 3.8) is 0 Å². The van der Waals surface area contributed by atoms with E-state index in [9.17, 15) is 9.18 Å². The Hall–Kier alpha value is -1.82. The molecule has 6 heteroatoms. The Morgan fingerprint density at radius 2 is 2.08 bits per heavy atom. The highest BCUT2D eigenvalue weighted by Gasteiger charge is 2.27. The fourth-order valence-corrected chi connectivity index (χ4v) is 4.18. The Morgan fingerprint density at radius 3 is 2.79 bits per heavy atom. The zero-order valence-electron chi connectivity index (χ0n) is 14.0. The van der Waals surface area contributed by atoms with Crippen LogP contribution in [-0.4, -0.2) is 34.1 Å². The Labute approximate surface area is 145 Å². The lowest BCUT2D eigenvalue weighted by atomic mass is 9.98. The van der Waals surface area contributed by atoms with E-state index >= 15 is 0 Å². The largest absolute Gasteiger partial charge is 0.338 e. The van der Waals surface area contributed by atoms with Crippen LogP contribution in [0.5, 0.6) is 0 Å². The third-order valence-corrected chi connectivity index (χ3v) is 5.32. The molecule has 2 aromatic rings. The molecule has 24 heavy (non-hydrogen) atoms. The van der Waals surface area contributed by atoms with Crippen molar-refractivity contribution in [2.45, 2.75) is 39.0 Å². The third-order valence-electron chi connectivity index (χ3n) is 4.21. The van der Waals surface area contributed by atoms with Gasteiger partial charge in [0.1, 0.15) is 15.8 Å². The van der Waals surface area contributed by atoms with E-state index in [1.807, 2.05) is 4.90 Å². The van der Waals surface area contributed by atoms with Crippen LogP contribution in [0.1, 0.15) is 53.0 Å². The van der Waals surface area contributed by atoms with E-state index in [0.717, 1.165) is 35.8 Å². The highest BCUT2D eigenvalue weighted by molar-refractivity contribution is 7.11. The molecule has 1 amide bonds. The summed E-state index contributed by atoms with van der Waals surface area (Å²) in [5.74, 6) is 0.455. The number of hydrogen-bond donors (Lipinski definition) is 0. The zero-order valence-corrected chi connectivity index (χ0v) is 14.9. The Morgan fingerprint density at radius 1 is 1.33 bits per heavy atom. The quantitative estimate of drug-likeness (QED) is 0.843. The van der Waals surface area contributed by atoms with Gasteiger partial charge in [0.15, 0.2) is 0 Å². The number of rotatable bonds is 4. The number of carbonyl (C=O) groups excluding carboxylic acids is 1. The van der Waals surface area contributed by atoms with Crippen LogP contribution in [0.15, 0.2) is 24.3 Å². The van der Waals surface area contributed by atoms with E-state index in [4.69, 9.17) is 0 Å². The van der Waals surface area contributed by atoms with Crippen molar-refractivity contribution < 1.29 is 9.18 Å². The summed E-state index contributed by atoms with van der Waals surface area (Å²) < 4.78 is 13.0. The second kappa shape index (κ2) is 7.38. The van der Waals surface area contributed by atoms with Gasteiger partial charge in [-0.25, -0.2) is 4.39 Å². The minimum atomic E-state index is -0.324. The van der Waals surface area contributed by atoms with Crippen LogP contribution in [0.3, 0.4) is 0 Å². The standard InChI is InChI=1S/C18H22FN3OS/c1-12(2)10-16-20-21-17(24-16)14-4-3-9-22(11-14)18(23)13-5-7-15(19)8-6-13/h5-8,12,14H,3-4,9-11H2,1-2H3. The molecular weight excluding hydrogens is 325 g/mol. The molecule has 0 spiro atoms. The van der Waals surface area contributed by atoms with Crippen LogP contribution in [0, 0.1) is 11.7 Å². The molecule has 0 bridgehead atoms. The van der Waals surface area contributed by atoms with Gasteiger partial charge in [-0.15, -0.1) is 21.5 Å². The number of nitrogens with zero attached hydrogens (tertiary/aromatic N) is 3. The summed E-state index contributed by atoms with van der Waals surface area (Å²) in [5.41, 5.74) is 0.537. The van der Waals surface area contributed by atoms with Gasteiger partial charge in [-0.3, -0.25) is 4.79 Å². The van der Waals surface area contributed by atoms with Crippen molar-refractivity contribution in [1.82, 2.24) is 15.1 Å². The molecule has 1 aromatic heterocycles. The Bertz CT molecular complexity index is 699. The molecule has 0 aliphatic carbocycles.